The summed E-state index contributed by atoms with van der Waals surface area (Å²) >= 11 is 6.03. The predicted molar refractivity (Wildman–Crippen MR) is 127 cm³/mol. The normalized spacial score (nSPS) is 30.6. The molecule has 6 nitrogen and oxygen atoms in total. The molecule has 2 saturated carbocycles. The minimum absolute atomic E-state index is 0.00401. The summed E-state index contributed by atoms with van der Waals surface area (Å²) in [7, 11) is -1.88. The molecule has 182 valence electrons. The molecular weight excluding hydrogens is 482 g/mol. The van der Waals surface area contributed by atoms with Gasteiger partial charge in [-0.1, -0.05) is 23.7 Å². The van der Waals surface area contributed by atoms with E-state index in [1.54, 1.807) is 0 Å². The molecule has 1 saturated heterocycles. The molecule has 2 aliphatic carbocycles. The summed E-state index contributed by atoms with van der Waals surface area (Å²) in [5.74, 6) is -2.20. The molecule has 0 bridgehead atoms. The van der Waals surface area contributed by atoms with Crippen LogP contribution in [-0.2, 0) is 16.7 Å². The van der Waals surface area contributed by atoms with Gasteiger partial charge in [0.1, 0.15) is 16.4 Å². The topological polar surface area (TPSA) is 78.4 Å². The van der Waals surface area contributed by atoms with Crippen LogP contribution in [0.15, 0.2) is 29.2 Å². The van der Waals surface area contributed by atoms with E-state index in [2.05, 4.69) is 27.4 Å². The summed E-state index contributed by atoms with van der Waals surface area (Å²) in [6.07, 6.45) is 4.46. The van der Waals surface area contributed by atoms with Crippen molar-refractivity contribution in [2.75, 3.05) is 35.7 Å². The Kier molecular flexibility index (Phi) is 5.39. The highest BCUT2D eigenvalue weighted by atomic mass is 35.5. The molecular formula is C24H27ClF2N4O2S. The highest BCUT2D eigenvalue weighted by molar-refractivity contribution is 7.85. The highest BCUT2D eigenvalue weighted by Crippen LogP contribution is 2.49. The zero-order valence-electron chi connectivity index (χ0n) is 18.6. The van der Waals surface area contributed by atoms with E-state index in [9.17, 15) is 18.1 Å². The Bertz CT molecular complexity index is 1130. The number of hydrogen-bond acceptors (Lipinski definition) is 6. The van der Waals surface area contributed by atoms with Crippen molar-refractivity contribution in [2.45, 2.75) is 54.4 Å². The van der Waals surface area contributed by atoms with Crippen LogP contribution in [0, 0.1) is 11.8 Å². The molecule has 1 aromatic carbocycles. The van der Waals surface area contributed by atoms with Gasteiger partial charge in [-0.25, -0.2) is 4.98 Å². The van der Waals surface area contributed by atoms with Crippen molar-refractivity contribution in [3.63, 3.8) is 0 Å². The Balaban J connectivity index is 1.27. The molecule has 2 unspecified atom stereocenters. The van der Waals surface area contributed by atoms with Crippen LogP contribution in [0.2, 0.25) is 5.02 Å². The van der Waals surface area contributed by atoms with Gasteiger partial charge >= 0.3 is 5.92 Å². The lowest BCUT2D eigenvalue weighted by molar-refractivity contribution is 0.0191. The number of aliphatic hydroxyl groups excluding tert-OH is 1. The van der Waals surface area contributed by atoms with Crippen LogP contribution in [0.5, 0.6) is 0 Å². The summed E-state index contributed by atoms with van der Waals surface area (Å²) in [5.41, 5.74) is 0.277. The molecule has 4 aliphatic rings. The van der Waals surface area contributed by atoms with Crippen LogP contribution in [0.4, 0.5) is 20.5 Å². The molecule has 3 heterocycles. The Hall–Kier alpha value is -1.84. The smallest absolute Gasteiger partial charge is 0.302 e. The SMILES string of the molecule is O=[S@@]1CC(F)(F)c2nc(N3CC4CC(c5ccc(Cl)cc5)CC4C3)nc(NC3(CO)CCC3)c21. The fraction of sp³-hybridized carbons (Fsp3) is 0.583. The van der Waals surface area contributed by atoms with Gasteiger partial charge in [0, 0.05) is 18.1 Å². The van der Waals surface area contributed by atoms with Crippen LogP contribution in [0.3, 0.4) is 0 Å². The van der Waals surface area contributed by atoms with Crippen molar-refractivity contribution in [1.82, 2.24) is 9.97 Å². The minimum atomic E-state index is -3.25. The number of aromatic nitrogens is 2. The van der Waals surface area contributed by atoms with E-state index in [0.717, 1.165) is 37.1 Å². The van der Waals surface area contributed by atoms with E-state index in [-0.39, 0.29) is 23.3 Å². The van der Waals surface area contributed by atoms with E-state index in [1.807, 2.05) is 17.0 Å². The zero-order valence-corrected chi connectivity index (χ0v) is 20.2. The van der Waals surface area contributed by atoms with Crippen molar-refractivity contribution in [3.8, 4) is 0 Å². The molecule has 3 atom stereocenters. The first kappa shape index (κ1) is 22.6. The first-order chi connectivity index (χ1) is 16.3. The predicted octanol–water partition coefficient (Wildman–Crippen LogP) is 4.30. The van der Waals surface area contributed by atoms with Crippen molar-refractivity contribution in [2.24, 2.45) is 11.8 Å². The Morgan fingerprint density at radius 3 is 2.41 bits per heavy atom. The number of hydrogen-bond donors (Lipinski definition) is 2. The first-order valence-corrected chi connectivity index (χ1v) is 13.5. The van der Waals surface area contributed by atoms with Crippen LogP contribution >= 0.6 is 11.6 Å². The maximum Gasteiger partial charge on any atom is 0.302 e. The van der Waals surface area contributed by atoms with Crippen molar-refractivity contribution < 1.29 is 18.1 Å². The lowest BCUT2D eigenvalue weighted by Crippen LogP contribution is -2.48. The largest absolute Gasteiger partial charge is 0.394 e. The van der Waals surface area contributed by atoms with Gasteiger partial charge in [-0.15, -0.1) is 0 Å². The van der Waals surface area contributed by atoms with Crippen LogP contribution in [-0.4, -0.2) is 50.3 Å². The molecule has 2 aromatic rings. The molecule has 34 heavy (non-hydrogen) atoms. The maximum atomic E-state index is 14.8. The lowest BCUT2D eigenvalue weighted by atomic mass is 9.77. The van der Waals surface area contributed by atoms with E-state index in [1.165, 1.54) is 5.56 Å². The molecule has 0 spiro atoms. The fourth-order valence-electron chi connectivity index (χ4n) is 6.08. The number of benzene rings is 1. The third-order valence-corrected chi connectivity index (χ3v) is 9.83. The minimum Gasteiger partial charge on any atom is -0.394 e. The van der Waals surface area contributed by atoms with E-state index in [4.69, 9.17) is 11.6 Å². The third-order valence-electron chi connectivity index (χ3n) is 8.11. The molecule has 0 amide bonds. The van der Waals surface area contributed by atoms with Crippen molar-refractivity contribution >= 4 is 34.2 Å². The summed E-state index contributed by atoms with van der Waals surface area (Å²) < 4.78 is 42.1. The van der Waals surface area contributed by atoms with Crippen LogP contribution < -0.4 is 10.2 Å². The van der Waals surface area contributed by atoms with E-state index in [0.29, 0.717) is 30.8 Å². The second-order valence-electron chi connectivity index (χ2n) is 10.3. The van der Waals surface area contributed by atoms with E-state index >= 15 is 0 Å². The zero-order chi connectivity index (χ0) is 23.7. The van der Waals surface area contributed by atoms with Gasteiger partial charge < -0.3 is 15.3 Å². The number of nitrogens with one attached hydrogen (secondary N) is 1. The standard InChI is InChI=1S/C24H27ClF2N4O2S/c25-18-4-2-14(3-5-18)15-8-16-10-31(11-17(16)9-15)22-28-20-19(34(33)13-24(20,26)27)21(29-22)30-23(12-32)6-1-7-23/h2-5,15-17,32H,1,6-13H2,(H,28,29,30)/t15?,16?,17?,34-/m1/s1. The van der Waals surface area contributed by atoms with Gasteiger partial charge in [0.25, 0.3) is 0 Å². The number of halogens is 3. The number of fused-ring (bicyclic) bond motifs is 2. The second-order valence-corrected chi connectivity index (χ2v) is 12.1. The molecule has 0 radical (unpaired) electrons. The van der Waals surface area contributed by atoms with Crippen molar-refractivity contribution in [3.05, 3.63) is 40.5 Å². The lowest BCUT2D eigenvalue weighted by Gasteiger charge is -2.41. The number of anilines is 2. The third kappa shape index (κ3) is 3.71. The quantitative estimate of drug-likeness (QED) is 0.627. The molecule has 2 aliphatic heterocycles. The van der Waals surface area contributed by atoms with Gasteiger partial charge in [-0.05, 0) is 67.6 Å². The number of aliphatic hydroxyl groups is 1. The Morgan fingerprint density at radius 2 is 1.82 bits per heavy atom. The Morgan fingerprint density at radius 1 is 1.15 bits per heavy atom. The van der Waals surface area contributed by atoms with Crippen LogP contribution in [0.25, 0.3) is 0 Å². The second kappa shape index (κ2) is 8.10. The monoisotopic (exact) mass is 508 g/mol. The summed E-state index contributed by atoms with van der Waals surface area (Å²) in [4.78, 5) is 10.9. The van der Waals surface area contributed by atoms with Crippen LogP contribution in [0.1, 0.15) is 49.3 Å². The van der Waals surface area contributed by atoms with Gasteiger partial charge in [-0.2, -0.15) is 13.8 Å². The van der Waals surface area contributed by atoms with Gasteiger partial charge in [-0.3, -0.25) is 4.21 Å². The Labute approximate surface area is 204 Å². The summed E-state index contributed by atoms with van der Waals surface area (Å²) in [6, 6.07) is 8.03. The molecule has 10 heteroatoms. The van der Waals surface area contributed by atoms with Gasteiger partial charge in [0.15, 0.2) is 0 Å². The van der Waals surface area contributed by atoms with Crippen molar-refractivity contribution in [1.29, 1.82) is 0 Å². The summed E-state index contributed by atoms with van der Waals surface area (Å²) in [6.45, 7) is 1.31. The first-order valence-electron chi connectivity index (χ1n) is 11.9. The summed E-state index contributed by atoms with van der Waals surface area (Å²) in [5, 5.41) is 13.8. The molecule has 3 fully saturated rings. The average Bonchev–Trinajstić information content (AvgIpc) is 3.41. The number of nitrogens with zero attached hydrogens (tertiary/aromatic N) is 3. The highest BCUT2D eigenvalue weighted by Gasteiger charge is 2.50. The van der Waals surface area contributed by atoms with Gasteiger partial charge in [0.2, 0.25) is 5.95 Å². The van der Waals surface area contributed by atoms with E-state index < -0.39 is 33.7 Å². The number of rotatable bonds is 5. The fourth-order valence-corrected chi connectivity index (χ4v) is 7.54. The molecule has 6 rings (SSSR count). The van der Waals surface area contributed by atoms with Gasteiger partial charge in [0.05, 0.1) is 28.7 Å². The average molecular weight is 509 g/mol. The molecule has 1 aromatic heterocycles. The molecule has 2 N–H and O–H groups in total. The maximum absolute atomic E-state index is 14.8. The number of alkyl halides is 2.